The van der Waals surface area contributed by atoms with E-state index >= 15 is 0 Å². The standard InChI is InChI=1S/C18H11FO3/c1-21-15-4-2-3-10-7-16-14(9-13(10)15)18(20)12-6-5-11(19)8-17(12)22-16/h2-9H,1H3. The molecule has 0 atom stereocenters. The Labute approximate surface area is 124 Å². The van der Waals surface area contributed by atoms with Crippen LogP contribution in [0.1, 0.15) is 0 Å². The van der Waals surface area contributed by atoms with Gasteiger partial charge >= 0.3 is 0 Å². The predicted molar refractivity (Wildman–Crippen MR) is 84.0 cm³/mol. The number of ether oxygens (including phenoxy) is 1. The topological polar surface area (TPSA) is 39.4 Å². The van der Waals surface area contributed by atoms with Gasteiger partial charge in [0.05, 0.1) is 17.9 Å². The van der Waals surface area contributed by atoms with E-state index in [9.17, 15) is 9.18 Å². The Kier molecular flexibility index (Phi) is 2.66. The number of rotatable bonds is 1. The molecule has 0 bridgehead atoms. The zero-order chi connectivity index (χ0) is 15.3. The summed E-state index contributed by atoms with van der Waals surface area (Å²) in [6.45, 7) is 0. The SMILES string of the molecule is COc1cccc2cc3oc4cc(F)ccc4c(=O)c3cc12. The number of benzene rings is 3. The molecule has 0 N–H and O–H groups in total. The van der Waals surface area contributed by atoms with Crippen molar-refractivity contribution in [3.8, 4) is 5.75 Å². The molecule has 0 amide bonds. The molecule has 3 aromatic carbocycles. The Bertz CT molecular complexity index is 1100. The highest BCUT2D eigenvalue weighted by Crippen LogP contribution is 2.30. The molecule has 0 saturated heterocycles. The molecule has 0 aliphatic carbocycles. The normalized spacial score (nSPS) is 11.4. The van der Waals surface area contributed by atoms with E-state index in [4.69, 9.17) is 9.15 Å². The van der Waals surface area contributed by atoms with Crippen LogP contribution in [-0.2, 0) is 0 Å². The highest BCUT2D eigenvalue weighted by molar-refractivity contribution is 6.01. The Morgan fingerprint density at radius 2 is 1.77 bits per heavy atom. The third-order valence-electron chi connectivity index (χ3n) is 3.81. The molecule has 1 heterocycles. The Balaban J connectivity index is 2.21. The van der Waals surface area contributed by atoms with E-state index in [1.54, 1.807) is 19.2 Å². The molecule has 108 valence electrons. The predicted octanol–water partition coefficient (Wildman–Crippen LogP) is 4.25. The molecule has 0 saturated carbocycles. The van der Waals surface area contributed by atoms with Gasteiger partial charge in [0.1, 0.15) is 22.7 Å². The third-order valence-corrected chi connectivity index (χ3v) is 3.81. The van der Waals surface area contributed by atoms with Crippen molar-refractivity contribution in [1.82, 2.24) is 0 Å². The van der Waals surface area contributed by atoms with Crippen LogP contribution >= 0.6 is 0 Å². The van der Waals surface area contributed by atoms with Gasteiger partial charge in [-0.1, -0.05) is 12.1 Å². The first kappa shape index (κ1) is 12.8. The van der Waals surface area contributed by atoms with Crippen molar-refractivity contribution in [1.29, 1.82) is 0 Å². The summed E-state index contributed by atoms with van der Waals surface area (Å²) in [5, 5.41) is 2.55. The van der Waals surface area contributed by atoms with Crippen LogP contribution in [0.25, 0.3) is 32.7 Å². The first-order valence-electron chi connectivity index (χ1n) is 6.80. The molecule has 0 radical (unpaired) electrons. The minimum absolute atomic E-state index is 0.177. The fourth-order valence-corrected chi connectivity index (χ4v) is 2.75. The van der Waals surface area contributed by atoms with Crippen molar-refractivity contribution < 1.29 is 13.5 Å². The lowest BCUT2D eigenvalue weighted by Crippen LogP contribution is -2.02. The molecular weight excluding hydrogens is 283 g/mol. The molecule has 0 fully saturated rings. The first-order valence-corrected chi connectivity index (χ1v) is 6.80. The van der Waals surface area contributed by atoms with Crippen LogP contribution in [-0.4, -0.2) is 7.11 Å². The van der Waals surface area contributed by atoms with Crippen molar-refractivity contribution in [3.63, 3.8) is 0 Å². The van der Waals surface area contributed by atoms with Crippen molar-refractivity contribution in [2.24, 2.45) is 0 Å². The van der Waals surface area contributed by atoms with Crippen LogP contribution in [0, 0.1) is 5.82 Å². The van der Waals surface area contributed by atoms with Gasteiger partial charge in [-0.15, -0.1) is 0 Å². The number of hydrogen-bond acceptors (Lipinski definition) is 3. The fraction of sp³-hybridized carbons (Fsp3) is 0.0556. The maximum absolute atomic E-state index is 13.3. The van der Waals surface area contributed by atoms with Gasteiger partial charge in [-0.3, -0.25) is 4.79 Å². The van der Waals surface area contributed by atoms with E-state index in [0.29, 0.717) is 22.1 Å². The summed E-state index contributed by atoms with van der Waals surface area (Å²) < 4.78 is 24.4. The molecule has 0 aliphatic heterocycles. The van der Waals surface area contributed by atoms with Crippen molar-refractivity contribution in [2.75, 3.05) is 7.11 Å². The summed E-state index contributed by atoms with van der Waals surface area (Å²) in [7, 11) is 1.59. The van der Waals surface area contributed by atoms with E-state index in [0.717, 1.165) is 10.8 Å². The van der Waals surface area contributed by atoms with Crippen LogP contribution in [0.2, 0.25) is 0 Å². The molecule has 4 heteroatoms. The lowest BCUT2D eigenvalue weighted by molar-refractivity contribution is 0.420. The maximum atomic E-state index is 13.3. The third kappa shape index (κ3) is 1.77. The zero-order valence-electron chi connectivity index (χ0n) is 11.7. The highest BCUT2D eigenvalue weighted by atomic mass is 19.1. The van der Waals surface area contributed by atoms with E-state index < -0.39 is 5.82 Å². The molecule has 3 nitrogen and oxygen atoms in total. The average molecular weight is 294 g/mol. The largest absolute Gasteiger partial charge is 0.496 e. The Morgan fingerprint density at radius 1 is 0.955 bits per heavy atom. The first-order chi connectivity index (χ1) is 10.7. The molecule has 0 spiro atoms. The minimum atomic E-state index is -0.433. The Hall–Kier alpha value is -2.88. The van der Waals surface area contributed by atoms with E-state index in [2.05, 4.69) is 0 Å². The van der Waals surface area contributed by atoms with E-state index in [-0.39, 0.29) is 11.0 Å². The summed E-state index contributed by atoms with van der Waals surface area (Å²) in [6, 6.07) is 13.1. The van der Waals surface area contributed by atoms with Gasteiger partial charge in [0.15, 0.2) is 0 Å². The second-order valence-electron chi connectivity index (χ2n) is 5.10. The summed E-state index contributed by atoms with van der Waals surface area (Å²) in [6.07, 6.45) is 0. The van der Waals surface area contributed by atoms with Crippen LogP contribution in [0.5, 0.6) is 5.75 Å². The monoisotopic (exact) mass is 294 g/mol. The van der Waals surface area contributed by atoms with Crippen LogP contribution < -0.4 is 10.2 Å². The summed E-state index contributed by atoms with van der Waals surface area (Å²) in [4.78, 5) is 12.6. The Morgan fingerprint density at radius 3 is 2.59 bits per heavy atom. The van der Waals surface area contributed by atoms with Crippen LogP contribution in [0.4, 0.5) is 4.39 Å². The maximum Gasteiger partial charge on any atom is 0.200 e. The molecule has 1 aromatic heterocycles. The molecular formula is C18H11FO3. The lowest BCUT2D eigenvalue weighted by atomic mass is 10.1. The van der Waals surface area contributed by atoms with E-state index in [1.807, 2.05) is 18.2 Å². The quantitative estimate of drug-likeness (QED) is 0.493. The minimum Gasteiger partial charge on any atom is -0.496 e. The van der Waals surface area contributed by atoms with Gasteiger partial charge in [-0.2, -0.15) is 0 Å². The average Bonchev–Trinajstić information content (AvgIpc) is 2.52. The smallest absolute Gasteiger partial charge is 0.200 e. The van der Waals surface area contributed by atoms with Gasteiger partial charge in [0, 0.05) is 11.5 Å². The number of methoxy groups -OCH3 is 1. The van der Waals surface area contributed by atoms with Crippen molar-refractivity contribution in [2.45, 2.75) is 0 Å². The second kappa shape index (κ2) is 4.56. The molecule has 4 aromatic rings. The van der Waals surface area contributed by atoms with Crippen LogP contribution in [0.15, 0.2) is 57.7 Å². The fourth-order valence-electron chi connectivity index (χ4n) is 2.75. The van der Waals surface area contributed by atoms with Gasteiger partial charge < -0.3 is 9.15 Å². The number of hydrogen-bond donors (Lipinski definition) is 0. The molecule has 0 unspecified atom stereocenters. The summed E-state index contributed by atoms with van der Waals surface area (Å²) >= 11 is 0. The van der Waals surface area contributed by atoms with Crippen molar-refractivity contribution in [3.05, 3.63) is 64.6 Å². The highest BCUT2D eigenvalue weighted by Gasteiger charge is 2.11. The number of halogens is 1. The molecule has 4 rings (SSSR count). The summed E-state index contributed by atoms with van der Waals surface area (Å²) in [5.74, 6) is 0.260. The molecule has 22 heavy (non-hydrogen) atoms. The van der Waals surface area contributed by atoms with Gasteiger partial charge in [-0.05, 0) is 35.7 Å². The van der Waals surface area contributed by atoms with E-state index in [1.165, 1.54) is 18.2 Å². The lowest BCUT2D eigenvalue weighted by Gasteiger charge is -2.07. The van der Waals surface area contributed by atoms with Crippen LogP contribution in [0.3, 0.4) is 0 Å². The van der Waals surface area contributed by atoms with Gasteiger partial charge in [0.25, 0.3) is 0 Å². The summed E-state index contributed by atoms with van der Waals surface area (Å²) in [5.41, 5.74) is 0.507. The van der Waals surface area contributed by atoms with Gasteiger partial charge in [-0.25, -0.2) is 4.39 Å². The van der Waals surface area contributed by atoms with Gasteiger partial charge in [0.2, 0.25) is 5.43 Å². The van der Waals surface area contributed by atoms with Crippen molar-refractivity contribution >= 4 is 32.7 Å². The number of fused-ring (bicyclic) bond motifs is 3. The second-order valence-corrected chi connectivity index (χ2v) is 5.10. The molecule has 0 aliphatic rings. The zero-order valence-corrected chi connectivity index (χ0v) is 11.7.